The number of carbonyl (C=O) groups excluding carboxylic acids is 5. The molecule has 76 heavy (non-hydrogen) atoms. The highest BCUT2D eigenvalue weighted by molar-refractivity contribution is 6.13. The van der Waals surface area contributed by atoms with Crippen molar-refractivity contribution in [3.8, 4) is 28.5 Å². The van der Waals surface area contributed by atoms with Crippen LogP contribution in [-0.4, -0.2) is 157 Å². The Bertz CT molecular complexity index is 2960. The molecular formula is C56H63N9O11. The molecule has 2 saturated heterocycles. The third kappa shape index (κ3) is 13.0. The summed E-state index contributed by atoms with van der Waals surface area (Å²) in [6, 6.07) is 12.8. The molecule has 1 N–H and O–H groups in total. The largest absolute Gasteiger partial charge is 0.493 e. The Balaban J connectivity index is 0.764. The number of aryl methyl sites for hydroxylation is 1. The number of hydrogen-bond donors (Lipinski definition) is 1. The normalized spacial score (nSPS) is 17.5. The summed E-state index contributed by atoms with van der Waals surface area (Å²) in [7, 11) is 1.54. The maximum absolute atomic E-state index is 13.6. The second-order valence-electron chi connectivity index (χ2n) is 19.3. The van der Waals surface area contributed by atoms with Crippen LogP contribution in [0.5, 0.6) is 17.2 Å². The summed E-state index contributed by atoms with van der Waals surface area (Å²) in [5.41, 5.74) is 7.87. The van der Waals surface area contributed by atoms with Crippen LogP contribution in [0.15, 0.2) is 95.1 Å². The standard InChI is InChI=1S/C56H63N9O11/c1-36-20-42-29-58-46-27-49(38(3)22-44(46)55(69)64(42)31-36)75-34-39-23-40(35-76-51-28-47-45(26-50(51)71-4)56(70)65-32-37(2)21-43(65)30-59-47)25-41(24-39)48-33-62(61-60-48)13-15-73-17-19-74-18-16-72-14-11-57-52(66)8-6-5-7-12-63-53(67)9-10-54(63)68/h9-10,22-30,33,42-43H,1-2,5-8,11-21,31-32,34-35H2,3-4H3,(H,57,66)/t42-,43-/m0/s1. The summed E-state index contributed by atoms with van der Waals surface area (Å²) in [5, 5.41) is 11.7. The highest BCUT2D eigenvalue weighted by Gasteiger charge is 2.36. The molecule has 0 bridgehead atoms. The maximum Gasteiger partial charge on any atom is 0.257 e. The number of rotatable bonds is 26. The van der Waals surface area contributed by atoms with Crippen LogP contribution in [0, 0.1) is 6.92 Å². The van der Waals surface area contributed by atoms with Gasteiger partial charge in [0.2, 0.25) is 5.91 Å². The lowest BCUT2D eigenvalue weighted by Gasteiger charge is -2.20. The summed E-state index contributed by atoms with van der Waals surface area (Å²) >= 11 is 0. The van der Waals surface area contributed by atoms with Crippen molar-refractivity contribution in [1.29, 1.82) is 0 Å². The fourth-order valence-electron chi connectivity index (χ4n) is 9.60. The van der Waals surface area contributed by atoms with Crippen LogP contribution in [0.3, 0.4) is 0 Å². The SMILES string of the molecule is C=C1C[C@H]2C=Nc3cc(OCc4cc(COc5cc6c(cc5OC)C(=O)N5CC(=C)C[C@H]5C=N6)cc(-c5cn(CCOCCOCCOCCNC(=O)CCCCCN6C(=O)C=CC6=O)nn5)c4)c(C)cc3C(=O)N2C1. The van der Waals surface area contributed by atoms with Crippen molar-refractivity contribution in [3.05, 3.63) is 113 Å². The predicted octanol–water partition coefficient (Wildman–Crippen LogP) is 6.04. The summed E-state index contributed by atoms with van der Waals surface area (Å²) in [5.74, 6) is 0.588. The van der Waals surface area contributed by atoms with Gasteiger partial charge in [0, 0.05) is 74.9 Å². The fourth-order valence-corrected chi connectivity index (χ4v) is 9.60. The molecule has 5 amide bonds. The first-order chi connectivity index (χ1) is 36.9. The van der Waals surface area contributed by atoms with Crippen LogP contribution in [-0.2, 0) is 48.4 Å². The number of hydrogen-bond acceptors (Lipinski definition) is 15. The predicted molar refractivity (Wildman–Crippen MR) is 282 cm³/mol. The lowest BCUT2D eigenvalue weighted by molar-refractivity contribution is -0.137. The van der Waals surface area contributed by atoms with Gasteiger partial charge in [0.25, 0.3) is 23.6 Å². The minimum Gasteiger partial charge on any atom is -0.493 e. The van der Waals surface area contributed by atoms with Crippen LogP contribution >= 0.6 is 0 Å². The minimum atomic E-state index is -0.286. The lowest BCUT2D eigenvalue weighted by atomic mass is 10.0. The van der Waals surface area contributed by atoms with Gasteiger partial charge in [-0.25, -0.2) is 4.68 Å². The number of unbranched alkanes of at least 4 members (excludes halogenated alkanes) is 2. The summed E-state index contributed by atoms with van der Waals surface area (Å²) in [6.07, 6.45) is 11.8. The van der Waals surface area contributed by atoms with E-state index in [4.69, 9.17) is 38.4 Å². The summed E-state index contributed by atoms with van der Waals surface area (Å²) < 4.78 is 37.4. The number of aromatic nitrogens is 3. The Labute approximate surface area is 441 Å². The first kappa shape index (κ1) is 53.0. The molecule has 6 heterocycles. The van der Waals surface area contributed by atoms with Crippen molar-refractivity contribution in [3.63, 3.8) is 0 Å². The summed E-state index contributed by atoms with van der Waals surface area (Å²) in [4.78, 5) is 76.8. The van der Waals surface area contributed by atoms with Gasteiger partial charge in [0.1, 0.15) is 24.7 Å². The van der Waals surface area contributed by atoms with Crippen molar-refractivity contribution in [1.82, 2.24) is 35.0 Å². The Hall–Kier alpha value is -7.81. The van der Waals surface area contributed by atoms with Gasteiger partial charge in [-0.3, -0.25) is 38.9 Å². The van der Waals surface area contributed by atoms with E-state index in [0.717, 1.165) is 39.8 Å². The van der Waals surface area contributed by atoms with Gasteiger partial charge in [0.15, 0.2) is 11.5 Å². The van der Waals surface area contributed by atoms with E-state index in [9.17, 15) is 24.0 Å². The molecule has 2 atom stereocenters. The highest BCUT2D eigenvalue weighted by Crippen LogP contribution is 2.40. The number of benzene rings is 3. The number of methoxy groups -OCH3 is 1. The van der Waals surface area contributed by atoms with Gasteiger partial charge in [-0.15, -0.1) is 5.10 Å². The van der Waals surface area contributed by atoms with E-state index < -0.39 is 0 Å². The number of nitrogens with one attached hydrogen (secondary N) is 1. The molecule has 1 aromatic heterocycles. The number of imide groups is 1. The smallest absolute Gasteiger partial charge is 0.257 e. The van der Waals surface area contributed by atoms with Gasteiger partial charge < -0.3 is 43.5 Å². The fraction of sp³-hybridized carbons (Fsp3) is 0.411. The molecule has 0 spiro atoms. The van der Waals surface area contributed by atoms with Crippen molar-refractivity contribution < 1.29 is 52.4 Å². The third-order valence-corrected chi connectivity index (χ3v) is 13.6. The average Bonchev–Trinajstić information content (AvgIpc) is 4.20. The van der Waals surface area contributed by atoms with E-state index in [1.807, 2.05) is 54.6 Å². The monoisotopic (exact) mass is 1040 g/mol. The van der Waals surface area contributed by atoms with Gasteiger partial charge >= 0.3 is 0 Å². The Morgan fingerprint density at radius 2 is 1.28 bits per heavy atom. The molecule has 20 heteroatoms. The first-order valence-electron chi connectivity index (χ1n) is 25.6. The number of ether oxygens (including phenoxy) is 6. The number of amides is 5. The number of aliphatic imine (C=N–C) groups is 2. The zero-order valence-electron chi connectivity index (χ0n) is 43.0. The highest BCUT2D eigenvalue weighted by atomic mass is 16.5. The van der Waals surface area contributed by atoms with E-state index in [2.05, 4.69) is 28.8 Å². The van der Waals surface area contributed by atoms with E-state index >= 15 is 0 Å². The quantitative estimate of drug-likeness (QED) is 0.0431. The van der Waals surface area contributed by atoms with Crippen LogP contribution in [0.2, 0.25) is 0 Å². The zero-order valence-corrected chi connectivity index (χ0v) is 43.0. The first-order valence-corrected chi connectivity index (χ1v) is 25.6. The third-order valence-electron chi connectivity index (χ3n) is 13.6. The maximum atomic E-state index is 13.6. The van der Waals surface area contributed by atoms with Gasteiger partial charge in [0.05, 0.1) is 94.1 Å². The lowest BCUT2D eigenvalue weighted by Crippen LogP contribution is -2.35. The molecule has 20 nitrogen and oxygen atoms in total. The number of nitrogens with zero attached hydrogens (tertiary/aromatic N) is 8. The molecule has 3 aromatic carbocycles. The Kier molecular flexibility index (Phi) is 17.2. The second kappa shape index (κ2) is 24.7. The topological polar surface area (TPSA) is 218 Å². The van der Waals surface area contributed by atoms with Gasteiger partial charge in [-0.2, -0.15) is 0 Å². The van der Waals surface area contributed by atoms with E-state index in [0.29, 0.717) is 150 Å². The van der Waals surface area contributed by atoms with Crippen molar-refractivity contribution in [2.24, 2.45) is 9.98 Å². The molecule has 398 valence electrons. The molecule has 2 fully saturated rings. The minimum absolute atomic E-state index is 0.0675. The zero-order chi connectivity index (χ0) is 53.1. The Morgan fingerprint density at radius 3 is 1.92 bits per heavy atom. The van der Waals surface area contributed by atoms with Crippen molar-refractivity contribution in [2.45, 2.75) is 77.3 Å². The van der Waals surface area contributed by atoms with Crippen molar-refractivity contribution >= 4 is 53.3 Å². The Morgan fingerprint density at radius 1 is 0.684 bits per heavy atom. The molecule has 5 aliphatic rings. The van der Waals surface area contributed by atoms with Crippen LogP contribution in [0.1, 0.15) is 75.9 Å². The van der Waals surface area contributed by atoms with E-state index in [-0.39, 0.29) is 54.8 Å². The molecular weight excluding hydrogens is 975 g/mol. The summed E-state index contributed by atoms with van der Waals surface area (Å²) in [6.45, 7) is 14.8. The molecule has 0 aliphatic carbocycles. The van der Waals surface area contributed by atoms with Crippen LogP contribution in [0.25, 0.3) is 11.3 Å². The van der Waals surface area contributed by atoms with Gasteiger partial charge in [-0.05, 0) is 79.6 Å². The second-order valence-corrected chi connectivity index (χ2v) is 19.3. The molecule has 0 saturated carbocycles. The van der Waals surface area contributed by atoms with Crippen LogP contribution < -0.4 is 19.5 Å². The number of fused-ring (bicyclic) bond motifs is 4. The molecule has 5 aliphatic heterocycles. The average molecular weight is 1040 g/mol. The molecule has 4 aromatic rings. The van der Waals surface area contributed by atoms with Crippen LogP contribution in [0.4, 0.5) is 11.4 Å². The van der Waals surface area contributed by atoms with Gasteiger partial charge in [-0.1, -0.05) is 35.9 Å². The van der Waals surface area contributed by atoms with Crippen molar-refractivity contribution in [2.75, 3.05) is 72.9 Å². The van der Waals surface area contributed by atoms with E-state index in [1.54, 1.807) is 27.9 Å². The number of carbonyl (C=O) groups is 5. The molecule has 0 radical (unpaired) electrons. The molecule has 0 unspecified atom stereocenters. The van der Waals surface area contributed by atoms with E-state index in [1.165, 1.54) is 24.2 Å². The molecule has 9 rings (SSSR count).